The van der Waals surface area contributed by atoms with Crippen molar-refractivity contribution in [1.82, 2.24) is 0 Å². The van der Waals surface area contributed by atoms with Crippen LogP contribution in [0.3, 0.4) is 0 Å². The topological polar surface area (TPSA) is 78.9 Å². The van der Waals surface area contributed by atoms with Crippen LogP contribution < -0.4 is 0 Å². The minimum Gasteiger partial charge on any atom is -0.462 e. The van der Waals surface area contributed by atoms with E-state index in [1.165, 1.54) is 218 Å². The van der Waals surface area contributed by atoms with Gasteiger partial charge in [0.05, 0.1) is 0 Å². The normalized spacial score (nSPS) is 12.2. The van der Waals surface area contributed by atoms with Crippen molar-refractivity contribution in [2.75, 3.05) is 13.2 Å². The molecule has 0 rings (SSSR count). The molecule has 1 unspecified atom stereocenters. The molecule has 0 aliphatic heterocycles. The van der Waals surface area contributed by atoms with Crippen molar-refractivity contribution in [3.8, 4) is 0 Å². The summed E-state index contributed by atoms with van der Waals surface area (Å²) in [6.07, 6.45) is 69.9. The predicted octanol–water partition coefficient (Wildman–Crippen LogP) is 20.4. The maximum absolute atomic E-state index is 12.9. The first-order valence-electron chi connectivity index (χ1n) is 30.5. The third kappa shape index (κ3) is 56.4. The molecule has 0 spiro atoms. The van der Waals surface area contributed by atoms with Gasteiger partial charge in [0.25, 0.3) is 0 Å². The van der Waals surface area contributed by atoms with Gasteiger partial charge in [0.15, 0.2) is 6.10 Å². The van der Waals surface area contributed by atoms with Gasteiger partial charge in [0.2, 0.25) is 0 Å². The minimum absolute atomic E-state index is 0.0719. The summed E-state index contributed by atoms with van der Waals surface area (Å²) in [5, 5.41) is 0. The zero-order chi connectivity index (χ0) is 50.0. The Labute approximate surface area is 429 Å². The maximum Gasteiger partial charge on any atom is 0.306 e. The van der Waals surface area contributed by atoms with Crippen molar-refractivity contribution in [3.63, 3.8) is 0 Å². The Bertz CT molecular complexity index is 1160. The fourth-order valence-corrected chi connectivity index (χ4v) is 9.00. The lowest BCUT2D eigenvalue weighted by molar-refractivity contribution is -0.167. The zero-order valence-electron chi connectivity index (χ0n) is 46.3. The summed E-state index contributed by atoms with van der Waals surface area (Å²) in [7, 11) is 0. The summed E-state index contributed by atoms with van der Waals surface area (Å²) in [6, 6.07) is 0. The Morgan fingerprint density at radius 2 is 0.522 bits per heavy atom. The van der Waals surface area contributed by atoms with Gasteiger partial charge in [0, 0.05) is 19.3 Å². The second-order valence-corrected chi connectivity index (χ2v) is 20.6. The van der Waals surface area contributed by atoms with Crippen LogP contribution in [0.2, 0.25) is 0 Å². The van der Waals surface area contributed by atoms with Gasteiger partial charge in [-0.15, -0.1) is 0 Å². The Balaban J connectivity index is 4.34. The van der Waals surface area contributed by atoms with Gasteiger partial charge >= 0.3 is 17.9 Å². The lowest BCUT2D eigenvalue weighted by Crippen LogP contribution is -2.30. The summed E-state index contributed by atoms with van der Waals surface area (Å²) in [4.78, 5) is 38.2. The molecular weight excluding hydrogens is 853 g/mol. The quantitative estimate of drug-likeness (QED) is 0.0261. The zero-order valence-corrected chi connectivity index (χ0v) is 46.3. The lowest BCUT2D eigenvalue weighted by atomic mass is 10.0. The van der Waals surface area contributed by atoms with Crippen LogP contribution in [0.4, 0.5) is 0 Å². The van der Waals surface area contributed by atoms with Gasteiger partial charge < -0.3 is 14.2 Å². The van der Waals surface area contributed by atoms with E-state index in [1.807, 2.05) is 0 Å². The molecule has 0 saturated heterocycles. The van der Waals surface area contributed by atoms with E-state index in [9.17, 15) is 14.4 Å². The molecule has 6 heteroatoms. The Morgan fingerprint density at radius 1 is 0.290 bits per heavy atom. The van der Waals surface area contributed by atoms with Crippen molar-refractivity contribution in [1.29, 1.82) is 0 Å². The molecule has 0 N–H and O–H groups in total. The highest BCUT2D eigenvalue weighted by molar-refractivity contribution is 5.71. The molecule has 0 radical (unpaired) electrons. The molecule has 0 aromatic heterocycles. The summed E-state index contributed by atoms with van der Waals surface area (Å²) in [5.41, 5.74) is 0. The maximum atomic E-state index is 12.9. The molecule has 0 aliphatic rings. The van der Waals surface area contributed by atoms with Crippen molar-refractivity contribution in [3.05, 3.63) is 36.5 Å². The number of carbonyl (C=O) groups is 3. The number of unbranched alkanes of at least 4 members (excludes halogenated alkanes) is 39. The van der Waals surface area contributed by atoms with Crippen LogP contribution in [-0.2, 0) is 28.6 Å². The van der Waals surface area contributed by atoms with Gasteiger partial charge in [-0.25, -0.2) is 0 Å². The second kappa shape index (κ2) is 58.2. The van der Waals surface area contributed by atoms with Crippen LogP contribution in [0.15, 0.2) is 36.5 Å². The third-order valence-electron chi connectivity index (χ3n) is 13.6. The predicted molar refractivity (Wildman–Crippen MR) is 298 cm³/mol. The van der Waals surface area contributed by atoms with Gasteiger partial charge in [-0.1, -0.05) is 269 Å². The number of hydrogen-bond acceptors (Lipinski definition) is 6. The fraction of sp³-hybridized carbons (Fsp3) is 0.857. The number of hydrogen-bond donors (Lipinski definition) is 0. The van der Waals surface area contributed by atoms with E-state index in [0.29, 0.717) is 19.3 Å². The first-order chi connectivity index (χ1) is 34.0. The summed E-state index contributed by atoms with van der Waals surface area (Å²) < 4.78 is 16.9. The van der Waals surface area contributed by atoms with Crippen LogP contribution in [0.5, 0.6) is 0 Å². The molecule has 0 saturated carbocycles. The van der Waals surface area contributed by atoms with E-state index in [1.54, 1.807) is 0 Å². The highest BCUT2D eigenvalue weighted by Gasteiger charge is 2.19. The van der Waals surface area contributed by atoms with Gasteiger partial charge in [-0.3, -0.25) is 14.4 Å². The van der Waals surface area contributed by atoms with Crippen LogP contribution in [-0.4, -0.2) is 37.2 Å². The molecule has 0 fully saturated rings. The van der Waals surface area contributed by atoms with Crippen LogP contribution in [0, 0.1) is 0 Å². The SMILES string of the molecule is CCCCC/C=C\C/C=C\CCCCCCCCCC(=O)OC(COC(=O)CCCCCCCCCCC/C=C\CCCCCCCC)COC(=O)CCCCCCCCCCCCCCCCC. The fourth-order valence-electron chi connectivity index (χ4n) is 9.00. The molecule has 0 aromatic carbocycles. The molecule has 0 bridgehead atoms. The average Bonchev–Trinajstić information content (AvgIpc) is 3.35. The summed E-state index contributed by atoms with van der Waals surface area (Å²) in [5.74, 6) is -0.861. The lowest BCUT2D eigenvalue weighted by Gasteiger charge is -2.18. The van der Waals surface area contributed by atoms with E-state index in [0.717, 1.165) is 70.6 Å². The van der Waals surface area contributed by atoms with Gasteiger partial charge in [-0.2, -0.15) is 0 Å². The van der Waals surface area contributed by atoms with Crippen molar-refractivity contribution in [2.24, 2.45) is 0 Å². The minimum atomic E-state index is -0.775. The van der Waals surface area contributed by atoms with Crippen molar-refractivity contribution >= 4 is 17.9 Å². The highest BCUT2D eigenvalue weighted by Crippen LogP contribution is 2.17. The van der Waals surface area contributed by atoms with Crippen LogP contribution in [0.25, 0.3) is 0 Å². The first kappa shape index (κ1) is 66.6. The van der Waals surface area contributed by atoms with Gasteiger partial charge in [-0.05, 0) is 77.0 Å². The highest BCUT2D eigenvalue weighted by atomic mass is 16.6. The summed E-state index contributed by atoms with van der Waals surface area (Å²) >= 11 is 0. The molecule has 0 aromatic rings. The monoisotopic (exact) mass is 969 g/mol. The number of rotatable bonds is 56. The molecule has 6 nitrogen and oxygen atoms in total. The second-order valence-electron chi connectivity index (χ2n) is 20.6. The Morgan fingerprint density at radius 3 is 0.841 bits per heavy atom. The number of ether oxygens (including phenoxy) is 3. The largest absolute Gasteiger partial charge is 0.462 e. The van der Waals surface area contributed by atoms with Crippen LogP contribution >= 0.6 is 0 Å². The third-order valence-corrected chi connectivity index (χ3v) is 13.6. The molecule has 0 aliphatic carbocycles. The smallest absolute Gasteiger partial charge is 0.306 e. The summed E-state index contributed by atoms with van der Waals surface area (Å²) in [6.45, 7) is 6.65. The standard InChI is InChI=1S/C63H116O6/c1-4-7-10-13-16-19-22-25-28-30-31-33-35-38-41-44-47-50-53-56-62(65)68-59-60(58-67-61(64)55-52-49-46-43-40-37-34-27-24-21-18-15-12-9-6-3)69-63(66)57-54-51-48-45-42-39-36-32-29-26-23-20-17-14-11-8-5-2/h17,20,25-26,28-29,60H,4-16,18-19,21-24,27,30-59H2,1-3H3/b20-17-,28-25-,29-26-. The van der Waals surface area contributed by atoms with E-state index in [-0.39, 0.29) is 31.1 Å². The Hall–Kier alpha value is -2.37. The van der Waals surface area contributed by atoms with E-state index in [2.05, 4.69) is 57.2 Å². The van der Waals surface area contributed by atoms with E-state index < -0.39 is 6.10 Å². The van der Waals surface area contributed by atoms with E-state index >= 15 is 0 Å². The molecule has 0 heterocycles. The first-order valence-corrected chi connectivity index (χ1v) is 30.5. The Kier molecular flexibility index (Phi) is 56.2. The number of carbonyl (C=O) groups excluding carboxylic acids is 3. The molecular formula is C63H116O6. The molecule has 1 atom stereocenters. The van der Waals surface area contributed by atoms with Crippen LogP contribution in [0.1, 0.15) is 329 Å². The molecule has 69 heavy (non-hydrogen) atoms. The number of allylic oxidation sites excluding steroid dienone is 6. The van der Waals surface area contributed by atoms with E-state index in [4.69, 9.17) is 14.2 Å². The number of esters is 3. The van der Waals surface area contributed by atoms with Gasteiger partial charge in [0.1, 0.15) is 13.2 Å². The van der Waals surface area contributed by atoms with Crippen molar-refractivity contribution in [2.45, 2.75) is 335 Å². The van der Waals surface area contributed by atoms with Crippen molar-refractivity contribution < 1.29 is 28.6 Å². The molecule has 404 valence electrons. The average molecular weight is 970 g/mol. The molecule has 0 amide bonds.